The van der Waals surface area contributed by atoms with Crippen LogP contribution < -0.4 is 21.9 Å². The quantitative estimate of drug-likeness (QED) is 0.347. The summed E-state index contributed by atoms with van der Waals surface area (Å²) in [5.74, 6) is 0. The van der Waals surface area contributed by atoms with E-state index in [0.29, 0.717) is 42.2 Å². The van der Waals surface area contributed by atoms with Gasteiger partial charge in [0.15, 0.2) is 11.2 Å². The molecule has 12 heteroatoms. The third kappa shape index (κ3) is 3.82. The lowest BCUT2D eigenvalue weighted by Crippen LogP contribution is -2.37. The SMILES string of the molecule is Cn1c(=O)c2c(ncn2CCNc2cc([N+](=O)[O-])ccc2NCCO)n(C)c1=O. The summed E-state index contributed by atoms with van der Waals surface area (Å²) < 4.78 is 3.95. The Morgan fingerprint density at radius 1 is 1.14 bits per heavy atom. The molecule has 2 heterocycles. The fourth-order valence-electron chi connectivity index (χ4n) is 3.01. The second-order valence-corrected chi connectivity index (χ2v) is 6.38. The predicted molar refractivity (Wildman–Crippen MR) is 107 cm³/mol. The van der Waals surface area contributed by atoms with Gasteiger partial charge in [-0.3, -0.25) is 24.0 Å². The van der Waals surface area contributed by atoms with Crippen LogP contribution in [-0.4, -0.2) is 48.4 Å². The molecule has 0 saturated carbocycles. The molecule has 0 saturated heterocycles. The first-order valence-electron chi connectivity index (χ1n) is 8.83. The number of nitro groups is 1. The molecule has 154 valence electrons. The minimum atomic E-state index is -0.491. The number of nitrogens with one attached hydrogen (secondary N) is 2. The zero-order valence-corrected chi connectivity index (χ0v) is 16.0. The van der Waals surface area contributed by atoms with E-state index in [1.807, 2.05) is 0 Å². The molecule has 0 aliphatic heterocycles. The third-order valence-corrected chi connectivity index (χ3v) is 4.53. The van der Waals surface area contributed by atoms with Crippen LogP contribution in [0, 0.1) is 10.1 Å². The standard InChI is InChI=1S/C17H21N7O5/c1-21-15-14(16(26)22(2)17(21)27)23(10-20-15)7-5-18-13-9-11(24(28)29)3-4-12(13)19-6-8-25/h3-4,9-10,18-19,25H,5-8H2,1-2H3. The van der Waals surface area contributed by atoms with E-state index >= 15 is 0 Å². The van der Waals surface area contributed by atoms with Gasteiger partial charge in [0.2, 0.25) is 0 Å². The number of hydrogen-bond donors (Lipinski definition) is 3. The van der Waals surface area contributed by atoms with Crippen molar-refractivity contribution in [3.05, 3.63) is 55.5 Å². The Hall–Kier alpha value is -3.67. The van der Waals surface area contributed by atoms with Gasteiger partial charge in [0, 0.05) is 45.9 Å². The molecular formula is C17H21N7O5. The number of nitrogens with zero attached hydrogens (tertiary/aromatic N) is 5. The first kappa shape index (κ1) is 20.1. The van der Waals surface area contributed by atoms with Gasteiger partial charge in [0.25, 0.3) is 11.2 Å². The molecule has 0 aliphatic carbocycles. The highest BCUT2D eigenvalue weighted by molar-refractivity contribution is 5.72. The molecule has 1 aromatic carbocycles. The molecule has 3 rings (SSSR count). The maximum atomic E-state index is 12.5. The Morgan fingerprint density at radius 3 is 2.55 bits per heavy atom. The Morgan fingerprint density at radius 2 is 1.86 bits per heavy atom. The Balaban J connectivity index is 1.85. The number of benzene rings is 1. The van der Waals surface area contributed by atoms with Gasteiger partial charge in [-0.05, 0) is 6.07 Å². The lowest BCUT2D eigenvalue weighted by Gasteiger charge is -2.14. The van der Waals surface area contributed by atoms with Gasteiger partial charge in [-0.15, -0.1) is 0 Å². The summed E-state index contributed by atoms with van der Waals surface area (Å²) in [6.45, 7) is 0.890. The van der Waals surface area contributed by atoms with Crippen molar-refractivity contribution in [3.63, 3.8) is 0 Å². The maximum Gasteiger partial charge on any atom is 0.332 e. The molecule has 0 radical (unpaired) electrons. The largest absolute Gasteiger partial charge is 0.395 e. The van der Waals surface area contributed by atoms with Crippen LogP contribution in [0.15, 0.2) is 34.1 Å². The van der Waals surface area contributed by atoms with Crippen molar-refractivity contribution < 1.29 is 10.0 Å². The van der Waals surface area contributed by atoms with Crippen LogP contribution in [-0.2, 0) is 20.6 Å². The number of aryl methyl sites for hydroxylation is 1. The van der Waals surface area contributed by atoms with E-state index in [9.17, 15) is 19.7 Å². The van der Waals surface area contributed by atoms with Gasteiger partial charge in [-0.25, -0.2) is 9.78 Å². The first-order valence-corrected chi connectivity index (χ1v) is 8.83. The van der Waals surface area contributed by atoms with Gasteiger partial charge >= 0.3 is 5.69 Å². The molecule has 2 aromatic heterocycles. The molecule has 3 N–H and O–H groups in total. The summed E-state index contributed by atoms with van der Waals surface area (Å²) in [7, 11) is 2.95. The summed E-state index contributed by atoms with van der Waals surface area (Å²) in [6.07, 6.45) is 1.48. The summed E-state index contributed by atoms with van der Waals surface area (Å²) in [5.41, 5.74) is 0.728. The molecule has 0 aliphatic rings. The van der Waals surface area contributed by atoms with E-state index in [2.05, 4.69) is 15.6 Å². The van der Waals surface area contributed by atoms with E-state index < -0.39 is 16.2 Å². The molecule has 0 spiro atoms. The number of non-ortho nitro benzene ring substituents is 1. The van der Waals surface area contributed by atoms with E-state index in [0.717, 1.165) is 4.57 Å². The fraction of sp³-hybridized carbons (Fsp3) is 0.353. The zero-order valence-electron chi connectivity index (χ0n) is 16.0. The molecule has 0 fully saturated rings. The highest BCUT2D eigenvalue weighted by atomic mass is 16.6. The number of aliphatic hydroxyl groups excluding tert-OH is 1. The summed E-state index contributed by atoms with van der Waals surface area (Å²) in [4.78, 5) is 39.2. The highest BCUT2D eigenvalue weighted by Gasteiger charge is 2.15. The lowest BCUT2D eigenvalue weighted by atomic mass is 10.2. The van der Waals surface area contributed by atoms with E-state index in [1.54, 1.807) is 17.7 Å². The van der Waals surface area contributed by atoms with Crippen molar-refractivity contribution in [1.82, 2.24) is 18.7 Å². The Bertz CT molecular complexity index is 1180. The van der Waals surface area contributed by atoms with Gasteiger partial charge in [-0.2, -0.15) is 0 Å². The van der Waals surface area contributed by atoms with Crippen molar-refractivity contribution in [2.24, 2.45) is 14.1 Å². The Kier molecular flexibility index (Phi) is 5.64. The zero-order chi connectivity index (χ0) is 21.1. The van der Waals surface area contributed by atoms with Crippen molar-refractivity contribution in [2.45, 2.75) is 6.54 Å². The number of imidazole rings is 1. The van der Waals surface area contributed by atoms with E-state index in [-0.39, 0.29) is 12.3 Å². The monoisotopic (exact) mass is 403 g/mol. The molecule has 0 unspecified atom stereocenters. The van der Waals surface area contributed by atoms with Crippen molar-refractivity contribution >= 4 is 28.2 Å². The number of aliphatic hydroxyl groups is 1. The minimum absolute atomic E-state index is 0.0704. The smallest absolute Gasteiger partial charge is 0.332 e. The maximum absolute atomic E-state index is 12.5. The van der Waals surface area contributed by atoms with Crippen LogP contribution in [0.1, 0.15) is 0 Å². The molecule has 0 amide bonds. The molecule has 12 nitrogen and oxygen atoms in total. The van der Waals surface area contributed by atoms with E-state index in [1.165, 1.54) is 30.1 Å². The van der Waals surface area contributed by atoms with Crippen LogP contribution in [0.5, 0.6) is 0 Å². The van der Waals surface area contributed by atoms with E-state index in [4.69, 9.17) is 5.11 Å². The van der Waals surface area contributed by atoms with Crippen molar-refractivity contribution in [2.75, 3.05) is 30.3 Å². The minimum Gasteiger partial charge on any atom is -0.395 e. The van der Waals surface area contributed by atoms with Crippen LogP contribution in [0.3, 0.4) is 0 Å². The van der Waals surface area contributed by atoms with Gasteiger partial charge in [0.1, 0.15) is 0 Å². The summed E-state index contributed by atoms with van der Waals surface area (Å²) >= 11 is 0. The number of anilines is 2. The summed E-state index contributed by atoms with van der Waals surface area (Å²) in [6, 6.07) is 4.33. The Labute approximate surface area is 164 Å². The van der Waals surface area contributed by atoms with Crippen molar-refractivity contribution in [1.29, 1.82) is 0 Å². The summed E-state index contributed by atoms with van der Waals surface area (Å²) in [5, 5.41) is 26.1. The highest BCUT2D eigenvalue weighted by Crippen LogP contribution is 2.26. The first-order chi connectivity index (χ1) is 13.8. The third-order valence-electron chi connectivity index (χ3n) is 4.53. The average molecular weight is 403 g/mol. The number of rotatable bonds is 8. The second kappa shape index (κ2) is 8.14. The average Bonchev–Trinajstić information content (AvgIpc) is 3.13. The molecular weight excluding hydrogens is 382 g/mol. The fourth-order valence-corrected chi connectivity index (χ4v) is 3.01. The van der Waals surface area contributed by atoms with Gasteiger partial charge in [0.05, 0.1) is 29.2 Å². The topological polar surface area (TPSA) is 149 Å². The van der Waals surface area contributed by atoms with Crippen LogP contribution in [0.4, 0.5) is 17.1 Å². The van der Waals surface area contributed by atoms with Crippen LogP contribution in [0.2, 0.25) is 0 Å². The van der Waals surface area contributed by atoms with Crippen LogP contribution >= 0.6 is 0 Å². The molecule has 0 bridgehead atoms. The number of nitro benzene ring substituents is 1. The van der Waals surface area contributed by atoms with Crippen LogP contribution in [0.25, 0.3) is 11.2 Å². The number of fused-ring (bicyclic) bond motifs is 1. The number of hydrogen-bond acceptors (Lipinski definition) is 8. The number of aromatic nitrogens is 4. The lowest BCUT2D eigenvalue weighted by molar-refractivity contribution is -0.384. The normalized spacial score (nSPS) is 11.0. The molecule has 0 atom stereocenters. The van der Waals surface area contributed by atoms with Gasteiger partial charge < -0.3 is 20.3 Å². The molecule has 3 aromatic rings. The molecule has 29 heavy (non-hydrogen) atoms. The second-order valence-electron chi connectivity index (χ2n) is 6.38. The van der Waals surface area contributed by atoms with Gasteiger partial charge in [-0.1, -0.05) is 0 Å². The predicted octanol–water partition coefficient (Wildman–Crippen LogP) is -0.142. The van der Waals surface area contributed by atoms with Crippen molar-refractivity contribution in [3.8, 4) is 0 Å².